The summed E-state index contributed by atoms with van der Waals surface area (Å²) < 4.78 is 12.1. The van der Waals surface area contributed by atoms with E-state index in [2.05, 4.69) is 22.9 Å². The van der Waals surface area contributed by atoms with Gasteiger partial charge in [-0.2, -0.15) is 0 Å². The van der Waals surface area contributed by atoms with Gasteiger partial charge in [0.25, 0.3) is 0 Å². The van der Waals surface area contributed by atoms with Crippen LogP contribution in [0.15, 0.2) is 51.1 Å². The Kier molecular flexibility index (Phi) is 4.21. The second-order valence-electron chi connectivity index (χ2n) is 5.43. The molecule has 0 fully saturated rings. The van der Waals surface area contributed by atoms with Gasteiger partial charge in [-0.1, -0.05) is 41.4 Å². The van der Waals surface area contributed by atoms with Crippen LogP contribution in [0, 0.1) is 6.92 Å². The van der Waals surface area contributed by atoms with Gasteiger partial charge in [-0.25, -0.2) is 4.79 Å². The van der Waals surface area contributed by atoms with E-state index in [1.807, 2.05) is 37.3 Å². The predicted octanol–water partition coefficient (Wildman–Crippen LogP) is 5.20. The molecule has 2 aromatic rings. The number of hydrogen-bond acceptors (Lipinski definition) is 3. The highest BCUT2D eigenvalue weighted by Gasteiger charge is 2.35. The minimum atomic E-state index is -0.362. The van der Waals surface area contributed by atoms with Crippen molar-refractivity contribution < 1.29 is 13.9 Å². The Morgan fingerprint density at radius 1 is 1.23 bits per heavy atom. The minimum Gasteiger partial charge on any atom is -0.469 e. The van der Waals surface area contributed by atoms with Gasteiger partial charge in [-0.3, -0.25) is 0 Å². The second-order valence-corrected chi connectivity index (χ2v) is 6.34. The second kappa shape index (κ2) is 6.13. The van der Waals surface area contributed by atoms with Crippen molar-refractivity contribution in [3.05, 3.63) is 63.5 Å². The molecule has 0 aliphatic carbocycles. The van der Waals surface area contributed by atoms with Crippen LogP contribution in [0.4, 0.5) is 0 Å². The molecule has 1 atom stereocenters. The maximum absolute atomic E-state index is 12.3. The molecule has 0 saturated heterocycles. The number of ether oxygens (including phenoxy) is 1. The Morgan fingerprint density at radius 2 is 1.95 bits per heavy atom. The lowest BCUT2D eigenvalue weighted by molar-refractivity contribution is -0.139. The first-order valence-corrected chi connectivity index (χ1v) is 8.14. The highest BCUT2D eigenvalue weighted by atomic mass is 79.9. The van der Waals surface area contributed by atoms with Crippen LogP contribution in [-0.4, -0.2) is 5.97 Å². The van der Waals surface area contributed by atoms with Crippen LogP contribution in [-0.2, 0) is 9.53 Å². The number of benzene rings is 1. The molecule has 0 saturated carbocycles. The van der Waals surface area contributed by atoms with E-state index in [1.54, 1.807) is 6.26 Å². The van der Waals surface area contributed by atoms with Gasteiger partial charge < -0.3 is 9.15 Å². The lowest BCUT2D eigenvalue weighted by atomic mass is 9.93. The van der Waals surface area contributed by atoms with E-state index in [4.69, 9.17) is 9.15 Å². The summed E-state index contributed by atoms with van der Waals surface area (Å²) in [5, 5.41) is 0. The first kappa shape index (κ1) is 15.1. The van der Waals surface area contributed by atoms with Crippen molar-refractivity contribution in [2.45, 2.75) is 32.8 Å². The number of aryl methyl sites for hydroxylation is 1. The van der Waals surface area contributed by atoms with Gasteiger partial charge in [0.2, 0.25) is 0 Å². The van der Waals surface area contributed by atoms with E-state index in [1.165, 1.54) is 0 Å². The third-order valence-corrected chi connectivity index (χ3v) is 4.30. The summed E-state index contributed by atoms with van der Waals surface area (Å²) in [5.41, 5.74) is 3.60. The molecule has 1 aliphatic rings. The van der Waals surface area contributed by atoms with Crippen molar-refractivity contribution in [3.8, 4) is 0 Å². The van der Waals surface area contributed by atoms with Gasteiger partial charge in [0.1, 0.15) is 5.76 Å². The van der Waals surface area contributed by atoms with Crippen LogP contribution in [0.25, 0.3) is 5.57 Å². The quantitative estimate of drug-likeness (QED) is 0.703. The number of rotatable bonds is 4. The van der Waals surface area contributed by atoms with Crippen molar-refractivity contribution >= 4 is 27.5 Å². The molecule has 0 bridgehead atoms. The van der Waals surface area contributed by atoms with Crippen LogP contribution in [0.3, 0.4) is 0 Å². The van der Waals surface area contributed by atoms with E-state index < -0.39 is 0 Å². The molecule has 2 heterocycles. The fourth-order valence-corrected chi connectivity index (χ4v) is 3.04. The van der Waals surface area contributed by atoms with E-state index in [0.717, 1.165) is 38.9 Å². The molecule has 0 radical (unpaired) electrons. The molecule has 22 heavy (non-hydrogen) atoms. The number of furan rings is 1. The van der Waals surface area contributed by atoms with Crippen molar-refractivity contribution in [2.24, 2.45) is 0 Å². The molecule has 1 aromatic carbocycles. The first-order valence-electron chi connectivity index (χ1n) is 7.35. The largest absolute Gasteiger partial charge is 0.469 e. The molecule has 114 valence electrons. The zero-order valence-corrected chi connectivity index (χ0v) is 14.1. The molecule has 1 aromatic heterocycles. The maximum atomic E-state index is 12.3. The zero-order valence-electron chi connectivity index (χ0n) is 12.6. The number of hydrogen-bond donors (Lipinski definition) is 0. The van der Waals surface area contributed by atoms with Gasteiger partial charge in [0, 0.05) is 21.2 Å². The topological polar surface area (TPSA) is 39.4 Å². The standard InChI is InChI=1S/C18H17BrO3/c1-3-4-15-16(13-9-11(2)21-10-13)17(22-18(15)20)12-5-7-14(19)8-6-12/h5-10,17H,3-4H2,1-2H3/t17-/m0/s1. The van der Waals surface area contributed by atoms with Crippen molar-refractivity contribution in [1.82, 2.24) is 0 Å². The molecule has 3 nitrogen and oxygen atoms in total. The van der Waals surface area contributed by atoms with Crippen molar-refractivity contribution in [3.63, 3.8) is 0 Å². The summed E-state index contributed by atoms with van der Waals surface area (Å²) in [6.07, 6.45) is 2.95. The van der Waals surface area contributed by atoms with Crippen LogP contribution in [0.1, 0.15) is 42.8 Å². The molecule has 4 heteroatoms. The monoisotopic (exact) mass is 360 g/mol. The number of carbonyl (C=O) groups is 1. The molecule has 1 aliphatic heterocycles. The normalized spacial score (nSPS) is 18.0. The lowest BCUT2D eigenvalue weighted by Crippen LogP contribution is -2.03. The first-order chi connectivity index (χ1) is 10.6. The SMILES string of the molecule is CCCC1=C(c2coc(C)c2)[C@H](c2ccc(Br)cc2)OC1=O. The summed E-state index contributed by atoms with van der Waals surface area (Å²) in [6, 6.07) is 9.82. The third-order valence-electron chi connectivity index (χ3n) is 3.77. The van der Waals surface area contributed by atoms with Crippen molar-refractivity contribution in [1.29, 1.82) is 0 Å². The molecule has 0 N–H and O–H groups in total. The van der Waals surface area contributed by atoms with E-state index >= 15 is 0 Å². The minimum absolute atomic E-state index is 0.219. The number of carbonyl (C=O) groups excluding carboxylic acids is 1. The number of halogens is 1. The lowest BCUT2D eigenvalue weighted by Gasteiger charge is -2.14. The fraction of sp³-hybridized carbons (Fsp3) is 0.278. The fourth-order valence-electron chi connectivity index (χ4n) is 2.77. The summed E-state index contributed by atoms with van der Waals surface area (Å²) in [4.78, 5) is 12.3. The maximum Gasteiger partial charge on any atom is 0.335 e. The van der Waals surface area contributed by atoms with Crippen LogP contribution in [0.2, 0.25) is 0 Å². The smallest absolute Gasteiger partial charge is 0.335 e. The molecule has 0 unspecified atom stereocenters. The zero-order chi connectivity index (χ0) is 15.7. The molecule has 3 rings (SSSR count). The van der Waals surface area contributed by atoms with Gasteiger partial charge in [0.05, 0.1) is 6.26 Å². The molecule has 0 amide bonds. The predicted molar refractivity (Wildman–Crippen MR) is 88.2 cm³/mol. The van der Waals surface area contributed by atoms with Crippen LogP contribution < -0.4 is 0 Å². The van der Waals surface area contributed by atoms with Gasteiger partial charge in [0.15, 0.2) is 6.10 Å². The number of esters is 1. The summed E-state index contributed by atoms with van der Waals surface area (Å²) in [6.45, 7) is 3.96. The Labute approximate surface area is 138 Å². The summed E-state index contributed by atoms with van der Waals surface area (Å²) in [5.74, 6) is 0.607. The molecule has 0 spiro atoms. The summed E-state index contributed by atoms with van der Waals surface area (Å²) >= 11 is 3.43. The third kappa shape index (κ3) is 2.75. The average molecular weight is 361 g/mol. The van der Waals surface area contributed by atoms with Crippen molar-refractivity contribution in [2.75, 3.05) is 0 Å². The van der Waals surface area contributed by atoms with Gasteiger partial charge in [-0.15, -0.1) is 0 Å². The number of cyclic esters (lactones) is 1. The van der Waals surface area contributed by atoms with E-state index in [9.17, 15) is 4.79 Å². The van der Waals surface area contributed by atoms with Gasteiger partial charge >= 0.3 is 5.97 Å². The highest BCUT2D eigenvalue weighted by Crippen LogP contribution is 2.43. The van der Waals surface area contributed by atoms with E-state index in [-0.39, 0.29) is 12.1 Å². The summed E-state index contributed by atoms with van der Waals surface area (Å²) in [7, 11) is 0. The van der Waals surface area contributed by atoms with Crippen LogP contribution in [0.5, 0.6) is 0 Å². The van der Waals surface area contributed by atoms with Gasteiger partial charge in [-0.05, 0) is 37.1 Å². The highest BCUT2D eigenvalue weighted by molar-refractivity contribution is 9.10. The Balaban J connectivity index is 2.09. The Hall–Kier alpha value is -1.81. The van der Waals surface area contributed by atoms with Crippen LogP contribution >= 0.6 is 15.9 Å². The Morgan fingerprint density at radius 3 is 2.55 bits per heavy atom. The molecular weight excluding hydrogens is 344 g/mol. The molecular formula is C18H17BrO3. The average Bonchev–Trinajstić information content (AvgIpc) is 3.05. The Bertz CT molecular complexity index is 725. The van der Waals surface area contributed by atoms with E-state index in [0.29, 0.717) is 6.42 Å².